The molecule has 1 aliphatic heterocycles. The van der Waals surface area contributed by atoms with Crippen molar-refractivity contribution in [3.05, 3.63) is 35.4 Å². The third-order valence-electron chi connectivity index (χ3n) is 3.88. The van der Waals surface area contributed by atoms with Gasteiger partial charge >= 0.3 is 0 Å². The number of nitrogens with one attached hydrogen (secondary N) is 1. The van der Waals surface area contributed by atoms with Crippen LogP contribution in [0.3, 0.4) is 0 Å². The van der Waals surface area contributed by atoms with Crippen LogP contribution < -0.4 is 5.32 Å². The Kier molecular flexibility index (Phi) is 5.54. The summed E-state index contributed by atoms with van der Waals surface area (Å²) in [5.74, 6) is -0.204. The maximum Gasteiger partial charge on any atom is 0.254 e. The first-order chi connectivity index (χ1) is 10.7. The van der Waals surface area contributed by atoms with Crippen LogP contribution in [0.25, 0.3) is 0 Å². The van der Waals surface area contributed by atoms with E-state index in [2.05, 4.69) is 5.32 Å². The zero-order chi connectivity index (χ0) is 15.9. The number of nitriles is 1. The first-order valence-corrected chi connectivity index (χ1v) is 7.76. The number of likely N-dealkylation sites (tertiary alicyclic amines) is 1. The highest BCUT2D eigenvalue weighted by atomic mass is 16.2. The lowest BCUT2D eigenvalue weighted by Crippen LogP contribution is -2.52. The number of piperidine rings is 1. The van der Waals surface area contributed by atoms with Crippen LogP contribution in [0.4, 0.5) is 0 Å². The minimum absolute atomic E-state index is 0.0662. The summed E-state index contributed by atoms with van der Waals surface area (Å²) in [4.78, 5) is 26.6. The van der Waals surface area contributed by atoms with Crippen molar-refractivity contribution >= 4 is 11.8 Å². The van der Waals surface area contributed by atoms with Gasteiger partial charge in [0.2, 0.25) is 5.91 Å². The van der Waals surface area contributed by atoms with E-state index in [-0.39, 0.29) is 17.9 Å². The fourth-order valence-corrected chi connectivity index (χ4v) is 2.67. The molecule has 2 rings (SSSR count). The number of benzene rings is 1. The Morgan fingerprint density at radius 1 is 1.32 bits per heavy atom. The van der Waals surface area contributed by atoms with Crippen LogP contribution in [0.2, 0.25) is 0 Å². The molecule has 0 aromatic heterocycles. The van der Waals surface area contributed by atoms with Gasteiger partial charge in [-0.05, 0) is 49.9 Å². The van der Waals surface area contributed by atoms with Crippen molar-refractivity contribution in [3.63, 3.8) is 0 Å². The fourth-order valence-electron chi connectivity index (χ4n) is 2.67. The van der Waals surface area contributed by atoms with Gasteiger partial charge in [0.25, 0.3) is 5.91 Å². The van der Waals surface area contributed by atoms with Gasteiger partial charge in [0.05, 0.1) is 11.6 Å². The molecule has 5 heteroatoms. The van der Waals surface area contributed by atoms with E-state index in [0.717, 1.165) is 19.3 Å². The molecule has 5 nitrogen and oxygen atoms in total. The normalized spacial score (nSPS) is 17.6. The molecule has 1 fully saturated rings. The Morgan fingerprint density at radius 3 is 2.68 bits per heavy atom. The van der Waals surface area contributed by atoms with E-state index in [1.54, 1.807) is 29.2 Å². The standard InChI is InChI=1S/C17H21N3O2/c1-2-10-19-16(21)15-5-3-4-11-20(15)17(22)14-8-6-13(12-18)7-9-14/h6-9,15H,2-5,10-11H2,1H3,(H,19,21). The van der Waals surface area contributed by atoms with Gasteiger partial charge in [0.1, 0.15) is 6.04 Å². The number of hydrogen-bond donors (Lipinski definition) is 1. The predicted molar refractivity (Wildman–Crippen MR) is 83.1 cm³/mol. The molecule has 0 aliphatic carbocycles. The van der Waals surface area contributed by atoms with Gasteiger partial charge in [0.15, 0.2) is 0 Å². The Labute approximate surface area is 130 Å². The highest BCUT2D eigenvalue weighted by Crippen LogP contribution is 2.20. The topological polar surface area (TPSA) is 73.2 Å². The summed E-state index contributed by atoms with van der Waals surface area (Å²) in [6.07, 6.45) is 3.46. The Morgan fingerprint density at radius 2 is 2.05 bits per heavy atom. The van der Waals surface area contributed by atoms with Crippen molar-refractivity contribution < 1.29 is 9.59 Å². The van der Waals surface area contributed by atoms with Gasteiger partial charge in [-0.3, -0.25) is 9.59 Å². The molecule has 0 radical (unpaired) electrons. The minimum Gasteiger partial charge on any atom is -0.354 e. The number of carbonyl (C=O) groups excluding carboxylic acids is 2. The highest BCUT2D eigenvalue weighted by molar-refractivity contribution is 5.97. The quantitative estimate of drug-likeness (QED) is 0.925. The molecular weight excluding hydrogens is 278 g/mol. The molecule has 1 aromatic rings. The van der Waals surface area contributed by atoms with E-state index in [1.807, 2.05) is 13.0 Å². The summed E-state index contributed by atoms with van der Waals surface area (Å²) in [5, 5.41) is 11.7. The van der Waals surface area contributed by atoms with E-state index >= 15 is 0 Å². The Balaban J connectivity index is 2.13. The smallest absolute Gasteiger partial charge is 0.254 e. The lowest BCUT2D eigenvalue weighted by molar-refractivity contribution is -0.126. The molecule has 1 N–H and O–H groups in total. The van der Waals surface area contributed by atoms with E-state index in [1.165, 1.54) is 0 Å². The molecule has 1 aromatic carbocycles. The molecule has 1 unspecified atom stereocenters. The lowest BCUT2D eigenvalue weighted by atomic mass is 9.99. The average molecular weight is 299 g/mol. The molecule has 0 bridgehead atoms. The average Bonchev–Trinajstić information content (AvgIpc) is 2.59. The number of nitrogens with zero attached hydrogens (tertiary/aromatic N) is 2. The second-order valence-corrected chi connectivity index (χ2v) is 5.49. The number of hydrogen-bond acceptors (Lipinski definition) is 3. The van der Waals surface area contributed by atoms with Crippen LogP contribution in [-0.2, 0) is 4.79 Å². The van der Waals surface area contributed by atoms with Crippen LogP contribution in [0.1, 0.15) is 48.5 Å². The molecule has 116 valence electrons. The van der Waals surface area contributed by atoms with Crippen molar-refractivity contribution in [2.45, 2.75) is 38.6 Å². The third-order valence-corrected chi connectivity index (χ3v) is 3.88. The first kappa shape index (κ1) is 16.0. The number of amides is 2. The molecule has 1 aliphatic rings. The monoisotopic (exact) mass is 299 g/mol. The third kappa shape index (κ3) is 3.64. The molecular formula is C17H21N3O2. The summed E-state index contributed by atoms with van der Waals surface area (Å²) < 4.78 is 0. The fraction of sp³-hybridized carbons (Fsp3) is 0.471. The lowest BCUT2D eigenvalue weighted by Gasteiger charge is -2.34. The first-order valence-electron chi connectivity index (χ1n) is 7.76. The predicted octanol–water partition coefficient (Wildman–Crippen LogP) is 2.08. The molecule has 22 heavy (non-hydrogen) atoms. The van der Waals surface area contributed by atoms with Gasteiger partial charge in [-0.2, -0.15) is 5.26 Å². The van der Waals surface area contributed by atoms with Crippen molar-refractivity contribution in [1.82, 2.24) is 10.2 Å². The summed E-state index contributed by atoms with van der Waals surface area (Å²) in [6.45, 7) is 3.23. The van der Waals surface area contributed by atoms with Crippen LogP contribution >= 0.6 is 0 Å². The second kappa shape index (κ2) is 7.60. The van der Waals surface area contributed by atoms with Crippen LogP contribution in [-0.4, -0.2) is 35.8 Å². The summed E-state index contributed by atoms with van der Waals surface area (Å²) in [5.41, 5.74) is 1.04. The zero-order valence-electron chi connectivity index (χ0n) is 12.8. The minimum atomic E-state index is -0.386. The van der Waals surface area contributed by atoms with Crippen LogP contribution in [0.15, 0.2) is 24.3 Å². The van der Waals surface area contributed by atoms with Gasteiger partial charge in [0, 0.05) is 18.7 Å². The van der Waals surface area contributed by atoms with E-state index in [9.17, 15) is 9.59 Å². The molecule has 2 amide bonds. The van der Waals surface area contributed by atoms with Crippen LogP contribution in [0, 0.1) is 11.3 Å². The van der Waals surface area contributed by atoms with E-state index in [0.29, 0.717) is 30.6 Å². The van der Waals surface area contributed by atoms with Crippen molar-refractivity contribution in [1.29, 1.82) is 5.26 Å². The van der Waals surface area contributed by atoms with Crippen molar-refractivity contribution in [2.24, 2.45) is 0 Å². The Hall–Kier alpha value is -2.35. The van der Waals surface area contributed by atoms with Gasteiger partial charge in [-0.1, -0.05) is 6.92 Å². The molecule has 1 atom stereocenters. The Bertz CT molecular complexity index is 575. The van der Waals surface area contributed by atoms with Gasteiger partial charge in [-0.25, -0.2) is 0 Å². The van der Waals surface area contributed by atoms with E-state index < -0.39 is 0 Å². The number of carbonyl (C=O) groups is 2. The van der Waals surface area contributed by atoms with Crippen LogP contribution in [0.5, 0.6) is 0 Å². The van der Waals surface area contributed by atoms with Crippen molar-refractivity contribution in [3.8, 4) is 6.07 Å². The number of rotatable bonds is 4. The summed E-state index contributed by atoms with van der Waals surface area (Å²) >= 11 is 0. The molecule has 1 heterocycles. The van der Waals surface area contributed by atoms with Gasteiger partial charge < -0.3 is 10.2 Å². The van der Waals surface area contributed by atoms with Gasteiger partial charge in [-0.15, -0.1) is 0 Å². The molecule has 0 saturated carbocycles. The summed E-state index contributed by atoms with van der Waals surface area (Å²) in [7, 11) is 0. The van der Waals surface area contributed by atoms with E-state index in [4.69, 9.17) is 5.26 Å². The maximum atomic E-state index is 12.7. The second-order valence-electron chi connectivity index (χ2n) is 5.49. The molecule has 1 saturated heterocycles. The zero-order valence-corrected chi connectivity index (χ0v) is 12.8. The van der Waals surface area contributed by atoms with Crippen molar-refractivity contribution in [2.75, 3.05) is 13.1 Å². The summed E-state index contributed by atoms with van der Waals surface area (Å²) in [6, 6.07) is 8.20. The largest absolute Gasteiger partial charge is 0.354 e. The highest BCUT2D eigenvalue weighted by Gasteiger charge is 2.32. The molecule has 0 spiro atoms. The maximum absolute atomic E-state index is 12.7. The SMILES string of the molecule is CCCNC(=O)C1CCCCN1C(=O)c1ccc(C#N)cc1.